The lowest BCUT2D eigenvalue weighted by atomic mass is 10.2. The fraction of sp³-hybridized carbons (Fsp3) is 0.579. The zero-order valence-corrected chi connectivity index (χ0v) is 16.5. The van der Waals surface area contributed by atoms with Crippen molar-refractivity contribution in [2.24, 2.45) is 0 Å². The van der Waals surface area contributed by atoms with Crippen LogP contribution in [0.15, 0.2) is 24.3 Å². The van der Waals surface area contributed by atoms with Crippen LogP contribution in [0.25, 0.3) is 0 Å². The molecule has 1 N–H and O–H groups in total. The minimum Gasteiger partial charge on any atom is -0.481 e. The van der Waals surface area contributed by atoms with Gasteiger partial charge in [0, 0.05) is 24.2 Å². The van der Waals surface area contributed by atoms with Crippen LogP contribution in [-0.4, -0.2) is 47.7 Å². The van der Waals surface area contributed by atoms with Crippen molar-refractivity contribution < 1.29 is 19.1 Å². The van der Waals surface area contributed by atoms with Gasteiger partial charge in [0.05, 0.1) is 0 Å². The second-order valence-electron chi connectivity index (χ2n) is 7.42. The maximum atomic E-state index is 12.7. The third-order valence-electron chi connectivity index (χ3n) is 4.02. The van der Waals surface area contributed by atoms with Crippen LogP contribution in [0.4, 0.5) is 4.79 Å². The van der Waals surface area contributed by atoms with E-state index in [4.69, 9.17) is 21.1 Å². The Morgan fingerprint density at radius 2 is 1.96 bits per heavy atom. The molecule has 7 heteroatoms. The molecule has 1 heterocycles. The van der Waals surface area contributed by atoms with Crippen LogP contribution in [0.2, 0.25) is 5.02 Å². The summed E-state index contributed by atoms with van der Waals surface area (Å²) in [6, 6.07) is 6.86. The van der Waals surface area contributed by atoms with Crippen LogP contribution < -0.4 is 10.1 Å². The fourth-order valence-electron chi connectivity index (χ4n) is 2.85. The normalized spacial score (nSPS) is 18.3. The third kappa shape index (κ3) is 6.09. The predicted octanol–water partition coefficient (Wildman–Crippen LogP) is 3.62. The van der Waals surface area contributed by atoms with Gasteiger partial charge in [0.25, 0.3) is 5.91 Å². The Hall–Kier alpha value is -1.95. The zero-order valence-electron chi connectivity index (χ0n) is 15.8. The molecule has 1 aromatic rings. The zero-order chi connectivity index (χ0) is 19.3. The summed E-state index contributed by atoms with van der Waals surface area (Å²) >= 11 is 5.86. The minimum absolute atomic E-state index is 0.0497. The van der Waals surface area contributed by atoms with E-state index in [9.17, 15) is 9.59 Å². The Bertz CT molecular complexity index is 627. The molecule has 1 aliphatic heterocycles. The van der Waals surface area contributed by atoms with Gasteiger partial charge in [-0.1, -0.05) is 11.6 Å². The van der Waals surface area contributed by atoms with Gasteiger partial charge in [-0.3, -0.25) is 4.79 Å². The summed E-state index contributed by atoms with van der Waals surface area (Å²) in [5.74, 6) is 0.506. The number of alkyl carbamates (subject to hydrolysis) is 1. The van der Waals surface area contributed by atoms with Gasteiger partial charge in [-0.25, -0.2) is 4.79 Å². The largest absolute Gasteiger partial charge is 0.481 e. The van der Waals surface area contributed by atoms with Gasteiger partial charge in [0.1, 0.15) is 11.4 Å². The number of hydrogen-bond acceptors (Lipinski definition) is 4. The molecule has 2 atom stereocenters. The average Bonchev–Trinajstić information content (AvgIpc) is 3.01. The van der Waals surface area contributed by atoms with E-state index in [0.29, 0.717) is 23.9 Å². The molecule has 144 valence electrons. The minimum atomic E-state index is -0.613. The highest BCUT2D eigenvalue weighted by atomic mass is 35.5. The van der Waals surface area contributed by atoms with Crippen molar-refractivity contribution in [1.29, 1.82) is 0 Å². The SMILES string of the molecule is C[C@@H](Oc1ccc(Cl)cc1)C(=O)N1CCC[C@@H]1CNC(=O)OC(C)(C)C. The smallest absolute Gasteiger partial charge is 0.407 e. The Labute approximate surface area is 159 Å². The standard InChI is InChI=1S/C19H27ClN2O4/c1-13(25-16-9-7-14(20)8-10-16)17(23)22-11-5-6-15(22)12-21-18(24)26-19(2,3)4/h7-10,13,15H,5-6,11-12H2,1-4H3,(H,21,24)/t13-,15-/m1/s1. The van der Waals surface area contributed by atoms with Crippen LogP contribution in [0.3, 0.4) is 0 Å². The molecule has 0 spiro atoms. The van der Waals surface area contributed by atoms with E-state index in [1.54, 1.807) is 36.1 Å². The summed E-state index contributed by atoms with van der Waals surface area (Å²) in [5, 5.41) is 3.37. The molecule has 0 bridgehead atoms. The van der Waals surface area contributed by atoms with E-state index in [2.05, 4.69) is 5.32 Å². The highest BCUT2D eigenvalue weighted by Crippen LogP contribution is 2.21. The van der Waals surface area contributed by atoms with E-state index < -0.39 is 17.8 Å². The summed E-state index contributed by atoms with van der Waals surface area (Å²) in [5.41, 5.74) is -0.545. The Kier molecular flexibility index (Phi) is 6.75. The van der Waals surface area contributed by atoms with Crippen LogP contribution in [0, 0.1) is 0 Å². The van der Waals surface area contributed by atoms with Crippen LogP contribution in [0.5, 0.6) is 5.75 Å². The number of nitrogens with one attached hydrogen (secondary N) is 1. The molecule has 2 amide bonds. The second-order valence-corrected chi connectivity index (χ2v) is 7.86. The maximum absolute atomic E-state index is 12.7. The number of rotatable bonds is 5. The molecule has 0 saturated carbocycles. The molecular weight excluding hydrogens is 356 g/mol. The summed E-state index contributed by atoms with van der Waals surface area (Å²) < 4.78 is 11.0. The Balaban J connectivity index is 1.88. The maximum Gasteiger partial charge on any atom is 0.407 e. The molecule has 1 saturated heterocycles. The average molecular weight is 383 g/mol. The third-order valence-corrected chi connectivity index (χ3v) is 4.27. The van der Waals surface area contributed by atoms with Gasteiger partial charge < -0.3 is 19.7 Å². The van der Waals surface area contributed by atoms with Gasteiger partial charge in [-0.05, 0) is 64.8 Å². The number of ether oxygens (including phenoxy) is 2. The fourth-order valence-corrected chi connectivity index (χ4v) is 2.98. The number of hydrogen-bond donors (Lipinski definition) is 1. The summed E-state index contributed by atoms with van der Waals surface area (Å²) in [6.07, 6.45) is 0.662. The lowest BCUT2D eigenvalue weighted by Gasteiger charge is -2.28. The Morgan fingerprint density at radius 3 is 2.58 bits per heavy atom. The van der Waals surface area contributed by atoms with Crippen molar-refractivity contribution in [3.63, 3.8) is 0 Å². The molecule has 6 nitrogen and oxygen atoms in total. The number of halogens is 1. The van der Waals surface area contributed by atoms with Crippen molar-refractivity contribution in [3.05, 3.63) is 29.3 Å². The number of nitrogens with zero attached hydrogens (tertiary/aromatic N) is 1. The first-order valence-electron chi connectivity index (χ1n) is 8.85. The predicted molar refractivity (Wildman–Crippen MR) is 101 cm³/mol. The molecule has 1 fully saturated rings. The molecule has 26 heavy (non-hydrogen) atoms. The molecule has 1 aliphatic rings. The first-order valence-corrected chi connectivity index (χ1v) is 9.23. The van der Waals surface area contributed by atoms with Crippen molar-refractivity contribution in [3.8, 4) is 5.75 Å². The topological polar surface area (TPSA) is 67.9 Å². The van der Waals surface area contributed by atoms with Gasteiger partial charge in [-0.15, -0.1) is 0 Å². The lowest BCUT2D eigenvalue weighted by molar-refractivity contribution is -0.138. The molecule has 0 unspecified atom stereocenters. The van der Waals surface area contributed by atoms with Crippen LogP contribution >= 0.6 is 11.6 Å². The molecule has 0 aliphatic carbocycles. The van der Waals surface area contributed by atoms with Crippen LogP contribution in [-0.2, 0) is 9.53 Å². The highest BCUT2D eigenvalue weighted by Gasteiger charge is 2.32. The van der Waals surface area contributed by atoms with E-state index in [-0.39, 0.29) is 11.9 Å². The number of carbonyl (C=O) groups excluding carboxylic acids is 2. The summed E-state index contributed by atoms with van der Waals surface area (Å²) in [4.78, 5) is 26.3. The monoisotopic (exact) mass is 382 g/mol. The number of likely N-dealkylation sites (tertiary alicyclic amines) is 1. The highest BCUT2D eigenvalue weighted by molar-refractivity contribution is 6.30. The van der Waals surface area contributed by atoms with E-state index in [0.717, 1.165) is 12.8 Å². The van der Waals surface area contributed by atoms with E-state index in [1.165, 1.54) is 0 Å². The quantitative estimate of drug-likeness (QED) is 0.844. The summed E-state index contributed by atoms with van der Waals surface area (Å²) in [7, 11) is 0. The lowest BCUT2D eigenvalue weighted by Crippen LogP contribution is -2.48. The van der Waals surface area contributed by atoms with Crippen molar-refractivity contribution >= 4 is 23.6 Å². The van der Waals surface area contributed by atoms with Gasteiger partial charge in [-0.2, -0.15) is 0 Å². The number of amides is 2. The molecular formula is C19H27ClN2O4. The van der Waals surface area contributed by atoms with Crippen molar-refractivity contribution in [2.45, 2.75) is 58.3 Å². The van der Waals surface area contributed by atoms with Crippen LogP contribution in [0.1, 0.15) is 40.5 Å². The van der Waals surface area contributed by atoms with Gasteiger partial charge in [0.2, 0.25) is 0 Å². The molecule has 0 radical (unpaired) electrons. The molecule has 1 aromatic carbocycles. The first kappa shape index (κ1) is 20.4. The summed E-state index contributed by atoms with van der Waals surface area (Å²) in [6.45, 7) is 8.20. The van der Waals surface area contributed by atoms with Gasteiger partial charge in [0.15, 0.2) is 6.10 Å². The number of benzene rings is 1. The number of carbonyl (C=O) groups is 2. The van der Waals surface area contributed by atoms with Crippen molar-refractivity contribution in [2.75, 3.05) is 13.1 Å². The molecule has 0 aromatic heterocycles. The van der Waals surface area contributed by atoms with E-state index in [1.807, 2.05) is 20.8 Å². The second kappa shape index (κ2) is 8.62. The van der Waals surface area contributed by atoms with Crippen molar-refractivity contribution in [1.82, 2.24) is 10.2 Å². The van der Waals surface area contributed by atoms with Gasteiger partial charge >= 0.3 is 6.09 Å². The first-order chi connectivity index (χ1) is 12.2. The van der Waals surface area contributed by atoms with E-state index >= 15 is 0 Å². The molecule has 2 rings (SSSR count). The Morgan fingerprint density at radius 1 is 1.31 bits per heavy atom.